The molecular weight excluding hydrogens is 237 g/mol. The number of aromatic carboxylic acids is 1. The third kappa shape index (κ3) is 2.57. The molecule has 0 bridgehead atoms. The molecule has 0 aliphatic carbocycles. The van der Waals surface area contributed by atoms with Gasteiger partial charge in [-0.05, 0) is 36.4 Å². The fourth-order valence-corrected chi connectivity index (χ4v) is 1.44. The van der Waals surface area contributed by atoms with Crippen molar-refractivity contribution in [3.8, 4) is 11.5 Å². The van der Waals surface area contributed by atoms with Gasteiger partial charge in [-0.1, -0.05) is 0 Å². The molecule has 0 spiro atoms. The molecule has 2 aromatic rings. The fourth-order valence-electron chi connectivity index (χ4n) is 1.44. The predicted molar refractivity (Wildman–Crippen MR) is 64.3 cm³/mol. The SMILES string of the molecule is Nc1cc(Oc2ccc(F)cc2)ccc1C(=O)O. The second-order valence-corrected chi connectivity index (χ2v) is 3.61. The summed E-state index contributed by atoms with van der Waals surface area (Å²) in [4.78, 5) is 10.8. The standard InChI is InChI=1S/C13H10FNO3/c14-8-1-3-9(4-2-8)18-10-5-6-11(13(16)17)12(15)7-10/h1-7H,15H2,(H,16,17). The Bertz CT molecular complexity index is 581. The van der Waals surface area contributed by atoms with Crippen molar-refractivity contribution in [2.45, 2.75) is 0 Å². The summed E-state index contributed by atoms with van der Waals surface area (Å²) in [5.74, 6) is -0.619. The lowest BCUT2D eigenvalue weighted by atomic mass is 10.2. The maximum Gasteiger partial charge on any atom is 0.337 e. The van der Waals surface area contributed by atoms with Crippen molar-refractivity contribution in [3.63, 3.8) is 0 Å². The van der Waals surface area contributed by atoms with Crippen molar-refractivity contribution in [2.24, 2.45) is 0 Å². The van der Waals surface area contributed by atoms with Crippen LogP contribution in [0.1, 0.15) is 10.4 Å². The maximum absolute atomic E-state index is 12.7. The monoisotopic (exact) mass is 247 g/mol. The first kappa shape index (κ1) is 11.9. The Hall–Kier alpha value is -2.56. The van der Waals surface area contributed by atoms with Crippen LogP contribution in [0.4, 0.5) is 10.1 Å². The fraction of sp³-hybridized carbons (Fsp3) is 0. The van der Waals surface area contributed by atoms with E-state index in [9.17, 15) is 9.18 Å². The normalized spacial score (nSPS) is 10.1. The molecule has 0 aliphatic heterocycles. The number of rotatable bonds is 3. The Labute approximate surface area is 102 Å². The molecule has 0 amide bonds. The second-order valence-electron chi connectivity index (χ2n) is 3.61. The average molecular weight is 247 g/mol. The summed E-state index contributed by atoms with van der Waals surface area (Å²) in [7, 11) is 0. The van der Waals surface area contributed by atoms with Crippen LogP contribution in [0.15, 0.2) is 42.5 Å². The molecule has 2 aromatic carbocycles. The van der Waals surface area contributed by atoms with E-state index in [4.69, 9.17) is 15.6 Å². The lowest BCUT2D eigenvalue weighted by Crippen LogP contribution is -2.02. The van der Waals surface area contributed by atoms with Crippen molar-refractivity contribution in [3.05, 3.63) is 53.8 Å². The van der Waals surface area contributed by atoms with Gasteiger partial charge in [0.05, 0.1) is 5.56 Å². The summed E-state index contributed by atoms with van der Waals surface area (Å²) >= 11 is 0. The van der Waals surface area contributed by atoms with Crippen molar-refractivity contribution >= 4 is 11.7 Å². The minimum absolute atomic E-state index is 0.0152. The van der Waals surface area contributed by atoms with Gasteiger partial charge in [0.2, 0.25) is 0 Å². The highest BCUT2D eigenvalue weighted by molar-refractivity contribution is 5.93. The molecule has 0 atom stereocenters. The van der Waals surface area contributed by atoms with Crippen LogP contribution in [-0.4, -0.2) is 11.1 Å². The first-order valence-corrected chi connectivity index (χ1v) is 5.12. The van der Waals surface area contributed by atoms with Gasteiger partial charge in [0, 0.05) is 11.8 Å². The van der Waals surface area contributed by atoms with Crippen LogP contribution in [-0.2, 0) is 0 Å². The lowest BCUT2D eigenvalue weighted by Gasteiger charge is -2.07. The first-order chi connectivity index (χ1) is 8.56. The molecule has 4 nitrogen and oxygen atoms in total. The molecule has 0 fully saturated rings. The molecule has 18 heavy (non-hydrogen) atoms. The molecular formula is C13H10FNO3. The van der Waals surface area contributed by atoms with E-state index in [-0.39, 0.29) is 17.1 Å². The summed E-state index contributed by atoms with van der Waals surface area (Å²) in [6.45, 7) is 0. The second kappa shape index (κ2) is 4.75. The van der Waals surface area contributed by atoms with Gasteiger partial charge in [-0.25, -0.2) is 9.18 Å². The van der Waals surface area contributed by atoms with Gasteiger partial charge >= 0.3 is 5.97 Å². The van der Waals surface area contributed by atoms with E-state index in [1.165, 1.54) is 42.5 Å². The van der Waals surface area contributed by atoms with E-state index < -0.39 is 5.97 Å². The van der Waals surface area contributed by atoms with Gasteiger partial charge in [-0.2, -0.15) is 0 Å². The van der Waals surface area contributed by atoms with Crippen molar-refractivity contribution in [1.29, 1.82) is 0 Å². The highest BCUT2D eigenvalue weighted by atomic mass is 19.1. The van der Waals surface area contributed by atoms with Gasteiger partial charge in [-0.15, -0.1) is 0 Å². The molecule has 3 N–H and O–H groups in total. The summed E-state index contributed by atoms with van der Waals surface area (Å²) < 4.78 is 18.1. The summed E-state index contributed by atoms with van der Waals surface area (Å²) in [6, 6.07) is 9.73. The highest BCUT2D eigenvalue weighted by Gasteiger charge is 2.08. The Morgan fingerprint density at radius 1 is 1.11 bits per heavy atom. The quantitative estimate of drug-likeness (QED) is 0.818. The molecule has 0 saturated heterocycles. The van der Waals surface area contributed by atoms with Gasteiger partial charge in [0.15, 0.2) is 0 Å². The molecule has 5 heteroatoms. The molecule has 0 aliphatic rings. The number of hydrogen-bond acceptors (Lipinski definition) is 3. The Morgan fingerprint density at radius 2 is 1.72 bits per heavy atom. The number of nitrogen functional groups attached to an aromatic ring is 1. The lowest BCUT2D eigenvalue weighted by molar-refractivity contribution is 0.0698. The molecule has 92 valence electrons. The van der Waals surface area contributed by atoms with E-state index >= 15 is 0 Å². The number of carbonyl (C=O) groups is 1. The van der Waals surface area contributed by atoms with Gasteiger partial charge in [0.1, 0.15) is 17.3 Å². The largest absolute Gasteiger partial charge is 0.478 e. The molecule has 0 saturated carbocycles. The zero-order chi connectivity index (χ0) is 13.1. The summed E-state index contributed by atoms with van der Waals surface area (Å²) in [5.41, 5.74) is 5.71. The van der Waals surface area contributed by atoms with Crippen LogP contribution in [0.5, 0.6) is 11.5 Å². The van der Waals surface area contributed by atoms with Crippen LogP contribution in [0.3, 0.4) is 0 Å². The van der Waals surface area contributed by atoms with Crippen LogP contribution < -0.4 is 10.5 Å². The van der Waals surface area contributed by atoms with Crippen molar-refractivity contribution in [2.75, 3.05) is 5.73 Å². The van der Waals surface area contributed by atoms with Crippen LogP contribution >= 0.6 is 0 Å². The van der Waals surface area contributed by atoms with Gasteiger partial charge in [0.25, 0.3) is 0 Å². The van der Waals surface area contributed by atoms with E-state index in [1.807, 2.05) is 0 Å². The van der Waals surface area contributed by atoms with E-state index in [0.29, 0.717) is 11.5 Å². The zero-order valence-electron chi connectivity index (χ0n) is 9.26. The number of carboxylic acids is 1. The number of halogens is 1. The zero-order valence-corrected chi connectivity index (χ0v) is 9.26. The Kier molecular flexibility index (Phi) is 3.14. The van der Waals surface area contributed by atoms with Gasteiger partial charge in [-0.3, -0.25) is 0 Å². The maximum atomic E-state index is 12.7. The van der Waals surface area contributed by atoms with Crippen LogP contribution in [0.2, 0.25) is 0 Å². The predicted octanol–water partition coefficient (Wildman–Crippen LogP) is 2.90. The van der Waals surface area contributed by atoms with Gasteiger partial charge < -0.3 is 15.6 Å². The number of carboxylic acid groups (broad SMARTS) is 1. The number of hydrogen-bond donors (Lipinski definition) is 2. The smallest absolute Gasteiger partial charge is 0.337 e. The molecule has 2 rings (SSSR count). The third-order valence-electron chi connectivity index (χ3n) is 2.30. The minimum Gasteiger partial charge on any atom is -0.478 e. The summed E-state index contributed by atoms with van der Waals surface area (Å²) in [5, 5.41) is 8.81. The third-order valence-corrected chi connectivity index (χ3v) is 2.30. The van der Waals surface area contributed by atoms with E-state index in [0.717, 1.165) is 0 Å². The number of benzene rings is 2. The minimum atomic E-state index is -1.10. The molecule has 0 unspecified atom stereocenters. The number of ether oxygens (including phenoxy) is 1. The van der Waals surface area contributed by atoms with Crippen molar-refractivity contribution < 1.29 is 19.0 Å². The van der Waals surface area contributed by atoms with E-state index in [1.54, 1.807) is 0 Å². The highest BCUT2D eigenvalue weighted by Crippen LogP contribution is 2.25. The Morgan fingerprint density at radius 3 is 2.28 bits per heavy atom. The molecule has 0 radical (unpaired) electrons. The number of nitrogens with two attached hydrogens (primary N) is 1. The molecule has 0 heterocycles. The van der Waals surface area contributed by atoms with Crippen LogP contribution in [0, 0.1) is 5.82 Å². The van der Waals surface area contributed by atoms with Crippen molar-refractivity contribution in [1.82, 2.24) is 0 Å². The summed E-state index contributed by atoms with van der Waals surface area (Å²) in [6.07, 6.45) is 0. The first-order valence-electron chi connectivity index (χ1n) is 5.12. The topological polar surface area (TPSA) is 72.5 Å². The number of anilines is 1. The van der Waals surface area contributed by atoms with Crippen LogP contribution in [0.25, 0.3) is 0 Å². The average Bonchev–Trinajstić information content (AvgIpc) is 2.32. The Balaban J connectivity index is 2.22. The van der Waals surface area contributed by atoms with E-state index in [2.05, 4.69) is 0 Å². The molecule has 0 aromatic heterocycles.